The summed E-state index contributed by atoms with van der Waals surface area (Å²) in [5, 5.41) is 0. The Kier molecular flexibility index (Phi) is 4.82. The molecule has 4 heterocycles. The minimum atomic E-state index is 0.223. The normalized spacial score (nSPS) is 33.6. The summed E-state index contributed by atoms with van der Waals surface area (Å²) in [5.41, 5.74) is 0. The molecule has 0 bridgehead atoms. The van der Waals surface area contributed by atoms with Gasteiger partial charge in [-0.05, 0) is 13.0 Å². The standard InChI is InChI=1S/C16H26N2O5/c19-16(18(6-14-10-22-14)7-15-11-23-15)2-1-3-17(4-12-8-20-12)5-13-9-21-13/h12-15H,1-11H2. The van der Waals surface area contributed by atoms with E-state index >= 15 is 0 Å². The van der Waals surface area contributed by atoms with Gasteiger partial charge in [0.15, 0.2) is 0 Å². The van der Waals surface area contributed by atoms with Crippen LogP contribution in [0.4, 0.5) is 0 Å². The Morgan fingerprint density at radius 1 is 0.783 bits per heavy atom. The second kappa shape index (κ2) is 7.03. The summed E-state index contributed by atoms with van der Waals surface area (Å²) in [5.74, 6) is 0.223. The van der Waals surface area contributed by atoms with Gasteiger partial charge in [-0.2, -0.15) is 0 Å². The fourth-order valence-electron chi connectivity index (χ4n) is 2.91. The van der Waals surface area contributed by atoms with Gasteiger partial charge >= 0.3 is 0 Å². The Balaban J connectivity index is 1.18. The SMILES string of the molecule is O=C(CCCN(CC1CO1)CC1CO1)N(CC1CO1)CC1CO1. The van der Waals surface area contributed by atoms with Crippen LogP contribution in [0.5, 0.6) is 0 Å². The molecular formula is C16H26N2O5. The average Bonchev–Trinajstić information content (AvgIpc) is 3.30. The second-order valence-electron chi connectivity index (χ2n) is 6.98. The van der Waals surface area contributed by atoms with Crippen molar-refractivity contribution in [1.29, 1.82) is 0 Å². The molecule has 4 fully saturated rings. The van der Waals surface area contributed by atoms with Crippen LogP contribution in [-0.4, -0.2) is 99.3 Å². The molecule has 7 nitrogen and oxygen atoms in total. The van der Waals surface area contributed by atoms with Crippen LogP contribution in [0.3, 0.4) is 0 Å². The Hall–Kier alpha value is -0.730. The number of carbonyl (C=O) groups excluding carboxylic acids is 1. The predicted octanol–water partition coefficient (Wildman–Crippen LogP) is -0.508. The maximum Gasteiger partial charge on any atom is 0.222 e. The van der Waals surface area contributed by atoms with Crippen molar-refractivity contribution in [2.75, 3.05) is 59.2 Å². The molecular weight excluding hydrogens is 300 g/mol. The molecule has 4 aliphatic heterocycles. The van der Waals surface area contributed by atoms with Crippen LogP contribution in [0.1, 0.15) is 12.8 Å². The molecule has 0 aromatic rings. The summed E-state index contributed by atoms with van der Waals surface area (Å²) < 4.78 is 21.2. The van der Waals surface area contributed by atoms with Crippen molar-refractivity contribution in [2.45, 2.75) is 37.3 Å². The molecule has 0 aromatic heterocycles. The van der Waals surface area contributed by atoms with E-state index in [9.17, 15) is 4.79 Å². The highest BCUT2D eigenvalue weighted by molar-refractivity contribution is 5.76. The Morgan fingerprint density at radius 2 is 1.22 bits per heavy atom. The van der Waals surface area contributed by atoms with E-state index in [1.54, 1.807) is 0 Å². The highest BCUT2D eigenvalue weighted by atomic mass is 16.6. The molecule has 4 aliphatic rings. The number of epoxide rings is 4. The van der Waals surface area contributed by atoms with Crippen molar-refractivity contribution in [3.63, 3.8) is 0 Å². The molecule has 1 amide bonds. The number of hydrogen-bond acceptors (Lipinski definition) is 6. The van der Waals surface area contributed by atoms with Crippen molar-refractivity contribution in [3.8, 4) is 0 Å². The van der Waals surface area contributed by atoms with Crippen LogP contribution in [-0.2, 0) is 23.7 Å². The quantitative estimate of drug-likeness (QED) is 0.450. The molecule has 0 saturated carbocycles. The first kappa shape index (κ1) is 15.8. The van der Waals surface area contributed by atoms with E-state index in [0.29, 0.717) is 31.7 Å². The van der Waals surface area contributed by atoms with Crippen molar-refractivity contribution >= 4 is 5.91 Å². The van der Waals surface area contributed by atoms with Crippen molar-refractivity contribution in [3.05, 3.63) is 0 Å². The monoisotopic (exact) mass is 326 g/mol. The first-order valence-electron chi connectivity index (χ1n) is 8.73. The molecule has 4 saturated heterocycles. The van der Waals surface area contributed by atoms with Crippen LogP contribution in [0, 0.1) is 0 Å². The molecule has 23 heavy (non-hydrogen) atoms. The zero-order chi connectivity index (χ0) is 15.6. The minimum absolute atomic E-state index is 0.223. The van der Waals surface area contributed by atoms with Gasteiger partial charge in [-0.25, -0.2) is 0 Å². The Bertz CT molecular complexity index is 391. The van der Waals surface area contributed by atoms with Gasteiger partial charge in [-0.1, -0.05) is 0 Å². The number of ether oxygens (including phenoxy) is 4. The Morgan fingerprint density at radius 3 is 1.65 bits per heavy atom. The molecule has 0 aromatic carbocycles. The largest absolute Gasteiger partial charge is 0.372 e. The van der Waals surface area contributed by atoms with Crippen LogP contribution in [0.25, 0.3) is 0 Å². The molecule has 0 aliphatic carbocycles. The molecule has 0 radical (unpaired) electrons. The van der Waals surface area contributed by atoms with Gasteiger partial charge in [-0.15, -0.1) is 0 Å². The van der Waals surface area contributed by atoms with Crippen LogP contribution < -0.4 is 0 Å². The van der Waals surface area contributed by atoms with E-state index in [-0.39, 0.29) is 18.1 Å². The lowest BCUT2D eigenvalue weighted by atomic mass is 10.2. The van der Waals surface area contributed by atoms with Gasteiger partial charge in [0, 0.05) is 32.6 Å². The van der Waals surface area contributed by atoms with E-state index < -0.39 is 0 Å². The number of rotatable bonds is 12. The van der Waals surface area contributed by atoms with Gasteiger partial charge in [0.1, 0.15) is 0 Å². The maximum atomic E-state index is 12.5. The minimum Gasteiger partial charge on any atom is -0.372 e. The summed E-state index contributed by atoms with van der Waals surface area (Å²) in [4.78, 5) is 16.8. The molecule has 7 heteroatoms. The van der Waals surface area contributed by atoms with Crippen LogP contribution in [0.15, 0.2) is 0 Å². The van der Waals surface area contributed by atoms with Crippen molar-refractivity contribution < 1.29 is 23.7 Å². The van der Waals surface area contributed by atoms with Gasteiger partial charge in [0.25, 0.3) is 0 Å². The molecule has 4 atom stereocenters. The maximum absolute atomic E-state index is 12.5. The summed E-state index contributed by atoms with van der Waals surface area (Å²) in [6, 6.07) is 0. The molecule has 0 spiro atoms. The second-order valence-corrected chi connectivity index (χ2v) is 6.98. The third-order valence-electron chi connectivity index (χ3n) is 4.60. The third-order valence-corrected chi connectivity index (χ3v) is 4.60. The number of carbonyl (C=O) groups is 1. The first-order chi connectivity index (χ1) is 11.3. The lowest BCUT2D eigenvalue weighted by Crippen LogP contribution is -2.38. The molecule has 4 unspecified atom stereocenters. The van der Waals surface area contributed by atoms with E-state index in [2.05, 4.69) is 4.90 Å². The summed E-state index contributed by atoms with van der Waals surface area (Å²) >= 11 is 0. The van der Waals surface area contributed by atoms with E-state index in [1.165, 1.54) is 0 Å². The molecule has 130 valence electrons. The van der Waals surface area contributed by atoms with Gasteiger partial charge < -0.3 is 23.8 Å². The Labute approximate surface area is 136 Å². The number of nitrogens with zero attached hydrogens (tertiary/aromatic N) is 2. The summed E-state index contributed by atoms with van der Waals surface area (Å²) in [6.07, 6.45) is 2.74. The average molecular weight is 326 g/mol. The number of hydrogen-bond donors (Lipinski definition) is 0. The van der Waals surface area contributed by atoms with Crippen molar-refractivity contribution in [1.82, 2.24) is 9.80 Å². The van der Waals surface area contributed by atoms with E-state index in [0.717, 1.165) is 52.5 Å². The lowest BCUT2D eigenvalue weighted by molar-refractivity contribution is -0.131. The topological polar surface area (TPSA) is 73.7 Å². The van der Waals surface area contributed by atoms with Gasteiger partial charge in [0.2, 0.25) is 5.91 Å². The summed E-state index contributed by atoms with van der Waals surface area (Å²) in [6.45, 7) is 7.60. The highest BCUT2D eigenvalue weighted by Gasteiger charge is 2.33. The first-order valence-corrected chi connectivity index (χ1v) is 8.73. The molecule has 4 rings (SSSR count). The van der Waals surface area contributed by atoms with Crippen molar-refractivity contribution in [2.24, 2.45) is 0 Å². The van der Waals surface area contributed by atoms with Gasteiger partial charge in [-0.3, -0.25) is 9.69 Å². The highest BCUT2D eigenvalue weighted by Crippen LogP contribution is 2.18. The van der Waals surface area contributed by atoms with Crippen LogP contribution >= 0.6 is 0 Å². The predicted molar refractivity (Wildman–Crippen MR) is 81.2 cm³/mol. The van der Waals surface area contributed by atoms with Gasteiger partial charge in [0.05, 0.1) is 50.8 Å². The molecule has 0 N–H and O–H groups in total. The van der Waals surface area contributed by atoms with E-state index in [4.69, 9.17) is 18.9 Å². The fourth-order valence-corrected chi connectivity index (χ4v) is 2.91. The zero-order valence-corrected chi connectivity index (χ0v) is 13.5. The van der Waals surface area contributed by atoms with E-state index in [1.807, 2.05) is 4.90 Å². The summed E-state index contributed by atoms with van der Waals surface area (Å²) in [7, 11) is 0. The smallest absolute Gasteiger partial charge is 0.222 e. The lowest BCUT2D eigenvalue weighted by Gasteiger charge is -2.23. The van der Waals surface area contributed by atoms with Crippen LogP contribution in [0.2, 0.25) is 0 Å². The third kappa shape index (κ3) is 5.69. The number of amides is 1. The zero-order valence-electron chi connectivity index (χ0n) is 13.5. The fraction of sp³-hybridized carbons (Fsp3) is 0.938.